The molecule has 22 heavy (non-hydrogen) atoms. The highest BCUT2D eigenvalue weighted by Crippen LogP contribution is 2.71. The van der Waals surface area contributed by atoms with Crippen LogP contribution in [0.2, 0.25) is 0 Å². The lowest BCUT2D eigenvalue weighted by molar-refractivity contribution is -0.143. The lowest BCUT2D eigenvalue weighted by Gasteiger charge is -2.60. The molecule has 1 nitrogen and oxygen atoms in total. The molecule has 9 atom stereocenters. The molecule has 2 heteroatoms. The van der Waals surface area contributed by atoms with E-state index < -0.39 is 5.60 Å². The molecule has 0 amide bonds. The zero-order chi connectivity index (χ0) is 15.3. The third-order valence-corrected chi connectivity index (χ3v) is 10.9. The molecule has 0 bridgehead atoms. The summed E-state index contributed by atoms with van der Waals surface area (Å²) < 4.78 is 0. The maximum absolute atomic E-state index is 11.0. The highest BCUT2D eigenvalue weighted by atomic mass is 32.2. The molecular formula is C20H32OS. The van der Waals surface area contributed by atoms with E-state index in [1.807, 2.05) is 0 Å². The average molecular weight is 321 g/mol. The second-order valence-electron chi connectivity index (χ2n) is 10.1. The monoisotopic (exact) mass is 320 g/mol. The molecular weight excluding hydrogens is 288 g/mol. The highest BCUT2D eigenvalue weighted by molar-refractivity contribution is 8.07. The van der Waals surface area contributed by atoms with Crippen molar-refractivity contribution < 1.29 is 5.11 Å². The van der Waals surface area contributed by atoms with Crippen molar-refractivity contribution in [3.05, 3.63) is 0 Å². The third-order valence-electron chi connectivity index (χ3n) is 9.47. The molecule has 5 fully saturated rings. The summed E-state index contributed by atoms with van der Waals surface area (Å²) >= 11 is 2.28. The fourth-order valence-electron chi connectivity index (χ4n) is 7.76. The summed E-state index contributed by atoms with van der Waals surface area (Å²) in [7, 11) is 0. The SMILES string of the molecule is C[C@]12C[C@@H]3S[C@@H]3C[C@@H]1CC[C@@H]1[C@@H]2CC[C@@]2(C)[C@H]1CC[C@]2(C)O. The average Bonchev–Trinajstić information content (AvgIpc) is 3.14. The Morgan fingerprint density at radius 2 is 1.68 bits per heavy atom. The Kier molecular flexibility index (Phi) is 2.85. The maximum Gasteiger partial charge on any atom is 0.0675 e. The standard InChI is InChI=1S/C20H32OS/c1-18-11-17-16(22-17)10-12(18)4-5-13-14(18)6-8-19(2)15(13)7-9-20(19,3)21/h12-17,21H,4-11H2,1-3H3/t12-,13+,14-,15-,16+,17-,18-,19-,20-/m0/s1. The molecule has 1 N–H and O–H groups in total. The van der Waals surface area contributed by atoms with Gasteiger partial charge in [-0.15, -0.1) is 0 Å². The fourth-order valence-corrected chi connectivity index (χ4v) is 9.13. The van der Waals surface area contributed by atoms with Crippen LogP contribution < -0.4 is 0 Å². The minimum absolute atomic E-state index is 0.197. The zero-order valence-corrected chi connectivity index (χ0v) is 15.3. The van der Waals surface area contributed by atoms with Crippen LogP contribution in [0.1, 0.15) is 72.1 Å². The smallest absolute Gasteiger partial charge is 0.0675 e. The van der Waals surface area contributed by atoms with Gasteiger partial charge in [-0.05, 0) is 92.8 Å². The minimum atomic E-state index is -0.412. The maximum atomic E-state index is 11.0. The largest absolute Gasteiger partial charge is 0.390 e. The first-order valence-electron chi connectivity index (χ1n) is 9.73. The number of fused-ring (bicyclic) bond motifs is 6. The Morgan fingerprint density at radius 3 is 2.50 bits per heavy atom. The van der Waals surface area contributed by atoms with Crippen molar-refractivity contribution in [3.63, 3.8) is 0 Å². The molecule has 5 rings (SSSR count). The van der Waals surface area contributed by atoms with E-state index in [0.717, 1.165) is 40.6 Å². The van der Waals surface area contributed by atoms with Crippen LogP contribution >= 0.6 is 11.8 Å². The van der Waals surface area contributed by atoms with Gasteiger partial charge in [0, 0.05) is 10.5 Å². The van der Waals surface area contributed by atoms with Crippen LogP contribution in [-0.4, -0.2) is 21.2 Å². The van der Waals surface area contributed by atoms with E-state index in [-0.39, 0.29) is 5.41 Å². The zero-order valence-electron chi connectivity index (χ0n) is 14.5. The van der Waals surface area contributed by atoms with Crippen molar-refractivity contribution >= 4 is 11.8 Å². The van der Waals surface area contributed by atoms with Gasteiger partial charge >= 0.3 is 0 Å². The highest BCUT2D eigenvalue weighted by Gasteiger charge is 2.65. The molecule has 1 saturated heterocycles. The lowest BCUT2D eigenvalue weighted by Crippen LogP contribution is -2.56. The third kappa shape index (κ3) is 1.67. The summed E-state index contributed by atoms with van der Waals surface area (Å²) in [4.78, 5) is 0. The van der Waals surface area contributed by atoms with Gasteiger partial charge in [0.2, 0.25) is 0 Å². The first-order valence-corrected chi connectivity index (χ1v) is 10.7. The van der Waals surface area contributed by atoms with Crippen molar-refractivity contribution in [2.45, 2.75) is 88.2 Å². The first-order chi connectivity index (χ1) is 10.4. The van der Waals surface area contributed by atoms with E-state index in [4.69, 9.17) is 0 Å². The van der Waals surface area contributed by atoms with Crippen LogP contribution in [-0.2, 0) is 0 Å². The molecule has 1 heterocycles. The van der Waals surface area contributed by atoms with Crippen LogP contribution in [0.5, 0.6) is 0 Å². The van der Waals surface area contributed by atoms with E-state index in [2.05, 4.69) is 32.5 Å². The lowest BCUT2D eigenvalue weighted by atomic mass is 9.44. The van der Waals surface area contributed by atoms with Gasteiger partial charge in [0.05, 0.1) is 5.60 Å². The molecule has 0 aromatic rings. The summed E-state index contributed by atoms with van der Waals surface area (Å²) in [5.41, 5.74) is 0.413. The van der Waals surface area contributed by atoms with Crippen molar-refractivity contribution in [2.75, 3.05) is 0 Å². The number of hydrogen-bond acceptors (Lipinski definition) is 2. The second-order valence-corrected chi connectivity index (χ2v) is 11.6. The molecule has 1 aliphatic heterocycles. The van der Waals surface area contributed by atoms with E-state index in [1.54, 1.807) is 0 Å². The summed E-state index contributed by atoms with van der Waals surface area (Å²) in [5, 5.41) is 13.0. The Balaban J connectivity index is 1.48. The van der Waals surface area contributed by atoms with Gasteiger partial charge in [-0.2, -0.15) is 11.8 Å². The number of rotatable bonds is 0. The van der Waals surface area contributed by atoms with E-state index in [9.17, 15) is 5.11 Å². The van der Waals surface area contributed by atoms with Gasteiger partial charge in [-0.25, -0.2) is 0 Å². The summed E-state index contributed by atoms with van der Waals surface area (Å²) in [6, 6.07) is 0. The van der Waals surface area contributed by atoms with Crippen molar-refractivity contribution in [2.24, 2.45) is 34.5 Å². The number of hydrogen-bond donors (Lipinski definition) is 1. The molecule has 0 radical (unpaired) electrons. The molecule has 4 aliphatic carbocycles. The predicted molar refractivity (Wildman–Crippen MR) is 92.9 cm³/mol. The Morgan fingerprint density at radius 1 is 0.909 bits per heavy atom. The summed E-state index contributed by atoms with van der Waals surface area (Å²) in [5.74, 6) is 3.68. The molecule has 0 unspecified atom stereocenters. The van der Waals surface area contributed by atoms with Gasteiger partial charge in [-0.3, -0.25) is 0 Å². The van der Waals surface area contributed by atoms with E-state index in [0.29, 0.717) is 5.41 Å². The molecule has 4 saturated carbocycles. The number of thioether (sulfide) groups is 1. The van der Waals surface area contributed by atoms with Crippen LogP contribution in [0, 0.1) is 34.5 Å². The molecule has 0 spiro atoms. The van der Waals surface area contributed by atoms with Gasteiger partial charge < -0.3 is 5.11 Å². The van der Waals surface area contributed by atoms with Crippen molar-refractivity contribution in [3.8, 4) is 0 Å². The van der Waals surface area contributed by atoms with Gasteiger partial charge in [0.25, 0.3) is 0 Å². The predicted octanol–water partition coefficient (Wildman–Crippen LogP) is 4.87. The summed E-state index contributed by atoms with van der Waals surface area (Å²) in [6.07, 6.45) is 11.0. The molecule has 124 valence electrons. The van der Waals surface area contributed by atoms with Gasteiger partial charge in [-0.1, -0.05) is 13.8 Å². The Labute approximate surface area is 140 Å². The molecule has 0 aromatic heterocycles. The van der Waals surface area contributed by atoms with Crippen LogP contribution in [0.15, 0.2) is 0 Å². The quantitative estimate of drug-likeness (QED) is 0.642. The molecule has 5 aliphatic rings. The van der Waals surface area contributed by atoms with E-state index >= 15 is 0 Å². The van der Waals surface area contributed by atoms with Gasteiger partial charge in [0.15, 0.2) is 0 Å². The van der Waals surface area contributed by atoms with Crippen LogP contribution in [0.3, 0.4) is 0 Å². The Hall–Kier alpha value is 0.310. The van der Waals surface area contributed by atoms with E-state index in [1.165, 1.54) is 44.9 Å². The van der Waals surface area contributed by atoms with Crippen molar-refractivity contribution in [1.29, 1.82) is 0 Å². The Bertz CT molecular complexity index is 502. The summed E-state index contributed by atoms with van der Waals surface area (Å²) in [6.45, 7) is 7.22. The normalized spacial score (nSPS) is 66.0. The van der Waals surface area contributed by atoms with Crippen molar-refractivity contribution in [1.82, 2.24) is 0 Å². The first kappa shape index (κ1) is 14.6. The minimum Gasteiger partial charge on any atom is -0.390 e. The fraction of sp³-hybridized carbons (Fsp3) is 1.00. The number of aliphatic hydroxyl groups is 1. The van der Waals surface area contributed by atoms with Crippen LogP contribution in [0.25, 0.3) is 0 Å². The van der Waals surface area contributed by atoms with Gasteiger partial charge in [0.1, 0.15) is 0 Å². The van der Waals surface area contributed by atoms with Crippen LogP contribution in [0.4, 0.5) is 0 Å². The topological polar surface area (TPSA) is 20.2 Å². The molecule has 0 aromatic carbocycles. The second kappa shape index (κ2) is 4.28.